The van der Waals surface area contributed by atoms with Crippen molar-refractivity contribution in [1.82, 2.24) is 0 Å². The van der Waals surface area contributed by atoms with Crippen molar-refractivity contribution >= 4 is 22.6 Å². The molecule has 0 fully saturated rings. The number of ether oxygens (including phenoxy) is 2. The van der Waals surface area contributed by atoms with Gasteiger partial charge in [-0.15, -0.1) is 0 Å². The standard InChI is InChI=1S/C16H17IO3/c1-10-5-4-6-12(15(10)17)16(18)11-7-8-13(19-2)14(9-11)20-3/h4-9,16,18H,1-3H3. The van der Waals surface area contributed by atoms with Crippen LogP contribution in [0.25, 0.3) is 0 Å². The number of rotatable bonds is 4. The smallest absolute Gasteiger partial charge is 0.161 e. The first-order valence-electron chi connectivity index (χ1n) is 6.23. The summed E-state index contributed by atoms with van der Waals surface area (Å²) in [6.45, 7) is 2.03. The zero-order valence-corrected chi connectivity index (χ0v) is 13.8. The third-order valence-corrected chi connectivity index (χ3v) is 4.71. The van der Waals surface area contributed by atoms with Gasteiger partial charge in [-0.1, -0.05) is 24.3 Å². The Balaban J connectivity index is 2.43. The van der Waals surface area contributed by atoms with Gasteiger partial charge in [-0.25, -0.2) is 0 Å². The average molecular weight is 384 g/mol. The lowest BCUT2D eigenvalue weighted by Crippen LogP contribution is -2.04. The SMILES string of the molecule is COc1ccc(C(O)c2cccc(C)c2I)cc1OC. The second-order valence-corrected chi connectivity index (χ2v) is 5.57. The van der Waals surface area contributed by atoms with Gasteiger partial charge in [0.1, 0.15) is 6.10 Å². The number of hydrogen-bond donors (Lipinski definition) is 1. The fourth-order valence-corrected chi connectivity index (χ4v) is 2.74. The van der Waals surface area contributed by atoms with Crippen LogP contribution in [0.5, 0.6) is 11.5 Å². The van der Waals surface area contributed by atoms with Gasteiger partial charge in [-0.2, -0.15) is 0 Å². The Hall–Kier alpha value is -1.27. The molecule has 2 aromatic carbocycles. The van der Waals surface area contributed by atoms with E-state index >= 15 is 0 Å². The molecule has 0 aliphatic heterocycles. The number of aryl methyl sites for hydroxylation is 1. The van der Waals surface area contributed by atoms with Crippen molar-refractivity contribution < 1.29 is 14.6 Å². The van der Waals surface area contributed by atoms with E-state index in [0.29, 0.717) is 11.5 Å². The highest BCUT2D eigenvalue weighted by molar-refractivity contribution is 14.1. The molecule has 0 aliphatic carbocycles. The first-order valence-corrected chi connectivity index (χ1v) is 7.31. The predicted molar refractivity (Wildman–Crippen MR) is 87.5 cm³/mol. The molecule has 0 amide bonds. The van der Waals surface area contributed by atoms with E-state index in [1.807, 2.05) is 37.3 Å². The highest BCUT2D eigenvalue weighted by atomic mass is 127. The summed E-state index contributed by atoms with van der Waals surface area (Å²) in [7, 11) is 3.18. The van der Waals surface area contributed by atoms with Gasteiger partial charge in [-0.05, 0) is 58.3 Å². The van der Waals surface area contributed by atoms with Crippen LogP contribution in [0, 0.1) is 10.5 Å². The van der Waals surface area contributed by atoms with E-state index < -0.39 is 6.10 Å². The summed E-state index contributed by atoms with van der Waals surface area (Å²) in [5.74, 6) is 1.27. The van der Waals surface area contributed by atoms with Crippen molar-refractivity contribution in [2.45, 2.75) is 13.0 Å². The van der Waals surface area contributed by atoms with Crippen molar-refractivity contribution in [1.29, 1.82) is 0 Å². The molecule has 1 N–H and O–H groups in total. The van der Waals surface area contributed by atoms with E-state index in [1.165, 1.54) is 0 Å². The molecule has 2 aromatic rings. The Morgan fingerprint density at radius 3 is 2.40 bits per heavy atom. The number of hydrogen-bond acceptors (Lipinski definition) is 3. The van der Waals surface area contributed by atoms with Crippen molar-refractivity contribution in [3.63, 3.8) is 0 Å². The minimum absolute atomic E-state index is 0.617. The van der Waals surface area contributed by atoms with Crippen LogP contribution in [-0.2, 0) is 0 Å². The molecule has 0 saturated heterocycles. The molecule has 3 nitrogen and oxygen atoms in total. The van der Waals surface area contributed by atoms with Gasteiger partial charge in [0.2, 0.25) is 0 Å². The molecule has 0 radical (unpaired) electrons. The molecular weight excluding hydrogens is 367 g/mol. The summed E-state index contributed by atoms with van der Waals surface area (Å²) in [5, 5.41) is 10.6. The van der Waals surface area contributed by atoms with Crippen LogP contribution < -0.4 is 9.47 Å². The minimum atomic E-state index is -0.679. The van der Waals surface area contributed by atoms with Gasteiger partial charge in [-0.3, -0.25) is 0 Å². The molecular formula is C16H17IO3. The highest BCUT2D eigenvalue weighted by Crippen LogP contribution is 2.33. The molecule has 106 valence electrons. The maximum atomic E-state index is 10.6. The number of benzene rings is 2. The number of aliphatic hydroxyl groups excluding tert-OH is 1. The first-order chi connectivity index (χ1) is 9.58. The summed E-state index contributed by atoms with van der Waals surface area (Å²) >= 11 is 2.26. The van der Waals surface area contributed by atoms with Crippen LogP contribution in [-0.4, -0.2) is 19.3 Å². The molecule has 0 bridgehead atoms. The molecule has 2 rings (SSSR count). The van der Waals surface area contributed by atoms with Gasteiger partial charge >= 0.3 is 0 Å². The molecule has 20 heavy (non-hydrogen) atoms. The summed E-state index contributed by atoms with van der Waals surface area (Å²) in [6.07, 6.45) is -0.679. The van der Waals surface area contributed by atoms with Crippen LogP contribution in [0.1, 0.15) is 22.8 Å². The number of halogens is 1. The van der Waals surface area contributed by atoms with Crippen LogP contribution in [0.4, 0.5) is 0 Å². The van der Waals surface area contributed by atoms with Gasteiger partial charge in [0, 0.05) is 3.57 Å². The molecule has 4 heteroatoms. The summed E-state index contributed by atoms with van der Waals surface area (Å²) in [6, 6.07) is 11.4. The van der Waals surface area contributed by atoms with Gasteiger partial charge in [0.15, 0.2) is 11.5 Å². The Morgan fingerprint density at radius 2 is 1.75 bits per heavy atom. The molecule has 0 saturated carbocycles. The predicted octanol–water partition coefficient (Wildman–Crippen LogP) is 3.70. The van der Waals surface area contributed by atoms with Crippen LogP contribution in [0.3, 0.4) is 0 Å². The summed E-state index contributed by atoms with van der Waals surface area (Å²) in [4.78, 5) is 0. The molecule has 0 aliphatic rings. The molecule has 0 aromatic heterocycles. The molecule has 0 spiro atoms. The number of methoxy groups -OCH3 is 2. The average Bonchev–Trinajstić information content (AvgIpc) is 2.48. The monoisotopic (exact) mass is 384 g/mol. The van der Waals surface area contributed by atoms with E-state index in [9.17, 15) is 5.11 Å². The van der Waals surface area contributed by atoms with Gasteiger partial charge in [0.05, 0.1) is 14.2 Å². The second kappa shape index (κ2) is 6.45. The Bertz CT molecular complexity index is 611. The maximum absolute atomic E-state index is 10.6. The van der Waals surface area contributed by atoms with Crippen LogP contribution >= 0.6 is 22.6 Å². The Kier molecular flexibility index (Phi) is 4.88. The lowest BCUT2D eigenvalue weighted by molar-refractivity contribution is 0.218. The van der Waals surface area contributed by atoms with E-state index in [0.717, 1.165) is 20.3 Å². The quantitative estimate of drug-likeness (QED) is 0.818. The minimum Gasteiger partial charge on any atom is -0.493 e. The number of aliphatic hydroxyl groups is 1. The van der Waals surface area contributed by atoms with E-state index in [1.54, 1.807) is 20.3 Å². The fraction of sp³-hybridized carbons (Fsp3) is 0.250. The van der Waals surface area contributed by atoms with E-state index in [4.69, 9.17) is 9.47 Å². The van der Waals surface area contributed by atoms with Crippen LogP contribution in [0.15, 0.2) is 36.4 Å². The van der Waals surface area contributed by atoms with Crippen LogP contribution in [0.2, 0.25) is 0 Å². The molecule has 1 unspecified atom stereocenters. The van der Waals surface area contributed by atoms with E-state index in [2.05, 4.69) is 22.6 Å². The molecule has 0 heterocycles. The van der Waals surface area contributed by atoms with E-state index in [-0.39, 0.29) is 0 Å². The lowest BCUT2D eigenvalue weighted by Gasteiger charge is -2.16. The maximum Gasteiger partial charge on any atom is 0.161 e. The molecule has 1 atom stereocenters. The zero-order chi connectivity index (χ0) is 14.7. The third-order valence-electron chi connectivity index (χ3n) is 3.24. The van der Waals surface area contributed by atoms with Crippen molar-refractivity contribution in [2.24, 2.45) is 0 Å². The normalized spacial score (nSPS) is 12.1. The van der Waals surface area contributed by atoms with Crippen molar-refractivity contribution in [3.05, 3.63) is 56.7 Å². The highest BCUT2D eigenvalue weighted by Gasteiger charge is 2.16. The third kappa shape index (κ3) is 2.91. The first kappa shape index (κ1) is 15.1. The summed E-state index contributed by atoms with van der Waals surface area (Å²) in [5.41, 5.74) is 2.84. The van der Waals surface area contributed by atoms with Crippen molar-refractivity contribution in [2.75, 3.05) is 14.2 Å². The summed E-state index contributed by atoms with van der Waals surface area (Å²) < 4.78 is 11.6. The topological polar surface area (TPSA) is 38.7 Å². The zero-order valence-electron chi connectivity index (χ0n) is 11.7. The van der Waals surface area contributed by atoms with Gasteiger partial charge < -0.3 is 14.6 Å². The van der Waals surface area contributed by atoms with Gasteiger partial charge in [0.25, 0.3) is 0 Å². The fourth-order valence-electron chi connectivity index (χ4n) is 2.08. The largest absolute Gasteiger partial charge is 0.493 e. The Morgan fingerprint density at radius 1 is 1.05 bits per heavy atom. The second-order valence-electron chi connectivity index (χ2n) is 4.50. The lowest BCUT2D eigenvalue weighted by atomic mass is 9.99. The Labute approximate surface area is 132 Å². The van der Waals surface area contributed by atoms with Crippen molar-refractivity contribution in [3.8, 4) is 11.5 Å².